The van der Waals surface area contributed by atoms with Gasteiger partial charge in [0.05, 0.1) is 17.0 Å². The number of nitrogens with zero attached hydrogens (tertiary/aromatic N) is 2. The number of amides is 1. The number of allylic oxidation sites excluding steroid dienone is 3. The molecule has 0 bridgehead atoms. The highest BCUT2D eigenvalue weighted by molar-refractivity contribution is 7.45. The van der Waals surface area contributed by atoms with Crippen LogP contribution in [0, 0.1) is 12.8 Å². The van der Waals surface area contributed by atoms with Gasteiger partial charge in [0.1, 0.15) is 5.15 Å². The molecular weight excluding hydrogens is 487 g/mol. The molecule has 1 aliphatic heterocycles. The smallest absolute Gasteiger partial charge is 0.257 e. The Bertz CT molecular complexity index is 1110. The van der Waals surface area contributed by atoms with Crippen LogP contribution < -0.4 is 10.6 Å². The van der Waals surface area contributed by atoms with E-state index in [1.807, 2.05) is 38.3 Å². The zero-order valence-electron chi connectivity index (χ0n) is 22.5. The van der Waals surface area contributed by atoms with Gasteiger partial charge >= 0.3 is 0 Å². The van der Waals surface area contributed by atoms with Crippen molar-refractivity contribution in [3.8, 4) is 0 Å². The van der Waals surface area contributed by atoms with E-state index in [4.69, 9.17) is 11.6 Å². The molecule has 0 spiro atoms. The molecule has 1 aliphatic rings. The summed E-state index contributed by atoms with van der Waals surface area (Å²) in [6.45, 7) is 14.7. The van der Waals surface area contributed by atoms with E-state index in [1.54, 1.807) is 6.07 Å². The molecule has 194 valence electrons. The van der Waals surface area contributed by atoms with E-state index in [-0.39, 0.29) is 17.7 Å². The lowest BCUT2D eigenvalue weighted by Gasteiger charge is -2.26. The first kappa shape index (κ1) is 29.9. The maximum Gasteiger partial charge on any atom is 0.257 e. The number of nitrogens with one attached hydrogen (secondary N) is 2. The lowest BCUT2D eigenvalue weighted by molar-refractivity contribution is 0.102. The predicted molar refractivity (Wildman–Crippen MR) is 158 cm³/mol. The fraction of sp³-hybridized carbons (Fsp3) is 0.414. The number of aryl methyl sites for hydroxylation is 1. The summed E-state index contributed by atoms with van der Waals surface area (Å²) >= 11 is 5.97. The van der Waals surface area contributed by atoms with Crippen LogP contribution in [0.1, 0.15) is 81.9 Å². The Morgan fingerprint density at radius 1 is 1.22 bits per heavy atom. The highest BCUT2D eigenvalue weighted by Gasteiger charge is 2.19. The van der Waals surface area contributed by atoms with Crippen molar-refractivity contribution in [2.24, 2.45) is 10.9 Å². The summed E-state index contributed by atoms with van der Waals surface area (Å²) in [6, 6.07) is 9.75. The third-order valence-electron chi connectivity index (χ3n) is 5.37. The van der Waals surface area contributed by atoms with Gasteiger partial charge in [0.15, 0.2) is 0 Å². The van der Waals surface area contributed by atoms with Crippen molar-refractivity contribution in [2.45, 2.75) is 73.1 Å². The maximum atomic E-state index is 12.6. The number of rotatable bonds is 7. The van der Waals surface area contributed by atoms with Gasteiger partial charge in [-0.15, -0.1) is 0 Å². The number of benzene rings is 1. The van der Waals surface area contributed by atoms with Crippen molar-refractivity contribution in [1.82, 2.24) is 10.3 Å². The number of aromatic nitrogens is 1. The maximum absolute atomic E-state index is 12.6. The van der Waals surface area contributed by atoms with Crippen molar-refractivity contribution in [3.05, 3.63) is 81.5 Å². The van der Waals surface area contributed by atoms with E-state index in [0.717, 1.165) is 28.9 Å². The van der Waals surface area contributed by atoms with Gasteiger partial charge in [-0.25, -0.2) is 4.98 Å². The molecule has 0 saturated heterocycles. The van der Waals surface area contributed by atoms with E-state index < -0.39 is 0 Å². The first-order valence-electron chi connectivity index (χ1n) is 12.6. The molecule has 0 saturated carbocycles. The molecule has 3 rings (SSSR count). The van der Waals surface area contributed by atoms with E-state index in [2.05, 4.69) is 73.4 Å². The molecule has 7 heteroatoms. The van der Waals surface area contributed by atoms with Gasteiger partial charge in [-0.05, 0) is 67.8 Å². The Kier molecular flexibility index (Phi) is 12.5. The van der Waals surface area contributed by atoms with Crippen LogP contribution in [-0.2, 0) is 0 Å². The van der Waals surface area contributed by atoms with Crippen LogP contribution in [0.2, 0.25) is 5.15 Å². The Balaban J connectivity index is 0.00000145. The fourth-order valence-corrected chi connectivity index (χ4v) is 4.99. The van der Waals surface area contributed by atoms with Gasteiger partial charge in [0.25, 0.3) is 5.91 Å². The van der Waals surface area contributed by atoms with Crippen molar-refractivity contribution in [3.63, 3.8) is 0 Å². The number of halogens is 1. The lowest BCUT2D eigenvalue weighted by atomic mass is 10.1. The second kappa shape index (κ2) is 15.0. The van der Waals surface area contributed by atoms with Gasteiger partial charge in [-0.2, -0.15) is 0 Å². The molecule has 0 aliphatic carbocycles. The average molecular weight is 527 g/mol. The first-order valence-corrected chi connectivity index (χ1v) is 14.1. The second-order valence-electron chi connectivity index (χ2n) is 9.33. The highest BCUT2D eigenvalue weighted by atomic mass is 35.5. The molecule has 1 aromatic carbocycles. The quantitative estimate of drug-likeness (QED) is 0.282. The summed E-state index contributed by atoms with van der Waals surface area (Å²) in [7, 11) is 0.625. The number of anilines is 1. The summed E-state index contributed by atoms with van der Waals surface area (Å²) in [5, 5.41) is 8.37. The van der Waals surface area contributed by atoms with Crippen LogP contribution in [0.5, 0.6) is 0 Å². The summed E-state index contributed by atoms with van der Waals surface area (Å²) < 4.78 is 0. The summed E-state index contributed by atoms with van der Waals surface area (Å²) in [6.07, 6.45) is 10.2. The molecule has 36 heavy (non-hydrogen) atoms. The highest BCUT2D eigenvalue weighted by Crippen LogP contribution is 2.39. The molecule has 0 fully saturated rings. The van der Waals surface area contributed by atoms with Crippen molar-refractivity contribution in [2.75, 3.05) is 5.32 Å². The summed E-state index contributed by atoms with van der Waals surface area (Å²) in [5.74, 6) is 0.602. The van der Waals surface area contributed by atoms with Gasteiger partial charge in [0.2, 0.25) is 0 Å². The number of carbonyl (C=O) groups is 1. The minimum atomic E-state index is -0.209. The number of carbonyl (C=O) groups excluding carboxylic acids is 1. The van der Waals surface area contributed by atoms with E-state index in [1.165, 1.54) is 17.9 Å². The second-order valence-corrected chi connectivity index (χ2v) is 11.1. The Hall–Kier alpha value is -2.33. The molecule has 2 aromatic rings. The average Bonchev–Trinajstić information content (AvgIpc) is 2.85. The zero-order chi connectivity index (χ0) is 26.7. The summed E-state index contributed by atoms with van der Waals surface area (Å²) in [4.78, 5) is 21.4. The lowest BCUT2D eigenvalue weighted by Crippen LogP contribution is -2.30. The number of hydrogen-bond donors (Lipinski definition) is 2. The van der Waals surface area contributed by atoms with Gasteiger partial charge in [0, 0.05) is 24.1 Å². The molecule has 5 nitrogen and oxygen atoms in total. The predicted octanol–water partition coefficient (Wildman–Crippen LogP) is 8.29. The zero-order valence-corrected chi connectivity index (χ0v) is 24.3. The van der Waals surface area contributed by atoms with Gasteiger partial charge < -0.3 is 5.32 Å². The van der Waals surface area contributed by atoms with Crippen LogP contribution in [-0.4, -0.2) is 22.9 Å². The van der Waals surface area contributed by atoms with Crippen molar-refractivity contribution >= 4 is 38.0 Å². The Morgan fingerprint density at radius 2 is 1.94 bits per heavy atom. The van der Waals surface area contributed by atoms with Crippen LogP contribution in [0.3, 0.4) is 0 Å². The molecule has 1 aromatic heterocycles. The van der Waals surface area contributed by atoms with Crippen LogP contribution in [0.15, 0.2) is 64.7 Å². The van der Waals surface area contributed by atoms with Crippen LogP contribution >= 0.6 is 20.2 Å². The van der Waals surface area contributed by atoms with Crippen LogP contribution in [0.25, 0.3) is 0 Å². The molecule has 2 N–H and O–H groups in total. The third kappa shape index (κ3) is 9.28. The topological polar surface area (TPSA) is 66.4 Å². The number of hydrogen-bond acceptors (Lipinski definition) is 4. The first-order chi connectivity index (χ1) is 17.2. The molecule has 1 amide bonds. The summed E-state index contributed by atoms with van der Waals surface area (Å²) in [5.41, 5.74) is 4.17. The van der Waals surface area contributed by atoms with Crippen molar-refractivity contribution < 1.29 is 4.79 Å². The number of aliphatic imine (C=N–C) groups is 1. The molecule has 0 radical (unpaired) electrons. The Morgan fingerprint density at radius 3 is 2.58 bits per heavy atom. The van der Waals surface area contributed by atoms with Gasteiger partial charge in [-0.1, -0.05) is 78.6 Å². The SMILES string of the molecule is C/C=C1/N=CC(NC(C)c2cccc(NC(=O)c3cnc(Cl)c(C)c3)c2)P/C1=C\CC(C)C.CCC. The molecular formula is C29H40ClN4OP. The molecule has 3 atom stereocenters. The molecule has 2 heterocycles. The third-order valence-corrected chi connectivity index (χ3v) is 7.16. The number of pyridine rings is 1. The van der Waals surface area contributed by atoms with Crippen LogP contribution in [0.4, 0.5) is 5.69 Å². The van der Waals surface area contributed by atoms with E-state index in [0.29, 0.717) is 25.2 Å². The van der Waals surface area contributed by atoms with E-state index in [9.17, 15) is 4.79 Å². The monoisotopic (exact) mass is 526 g/mol. The minimum Gasteiger partial charge on any atom is -0.322 e. The van der Waals surface area contributed by atoms with E-state index >= 15 is 0 Å². The fourth-order valence-electron chi connectivity index (χ4n) is 3.47. The molecule has 3 unspecified atom stereocenters. The minimum absolute atomic E-state index is 0.101. The Labute approximate surface area is 223 Å². The normalized spacial score (nSPS) is 18.9. The van der Waals surface area contributed by atoms with Crippen molar-refractivity contribution in [1.29, 1.82) is 0 Å². The standard InChI is InChI=1S/C26H32ClN4OP.C3H8/c1-6-22-23(11-10-16(2)3)33-24(15-28-22)30-18(5)19-8-7-9-21(13-19)31-26(32)20-12-17(4)25(27)29-14-20;1-3-2/h6-9,11-16,18,24,30,33H,10H2,1-5H3,(H,31,32);3H2,1-2H3/b22-6+,23-11-;. The largest absolute Gasteiger partial charge is 0.322 e. The van der Waals surface area contributed by atoms with Gasteiger partial charge in [-0.3, -0.25) is 15.1 Å².